The molecule has 1 aromatic carbocycles. The van der Waals surface area contributed by atoms with Crippen LogP contribution in [-0.4, -0.2) is 16.1 Å². The van der Waals surface area contributed by atoms with Crippen molar-refractivity contribution in [2.45, 2.75) is 19.8 Å². The average molecular weight is 268 g/mol. The highest BCUT2D eigenvalue weighted by atomic mass is 35.5. The largest absolute Gasteiger partial charge is 0.355 e. The molecule has 0 aliphatic carbocycles. The van der Waals surface area contributed by atoms with Crippen LogP contribution in [0.3, 0.4) is 0 Å². The molecule has 18 heavy (non-hydrogen) atoms. The van der Waals surface area contributed by atoms with Crippen LogP contribution in [0.2, 0.25) is 5.02 Å². The summed E-state index contributed by atoms with van der Waals surface area (Å²) in [6, 6.07) is 4.42. The summed E-state index contributed by atoms with van der Waals surface area (Å²) in [7, 11) is 0. The van der Waals surface area contributed by atoms with E-state index in [-0.39, 0.29) is 5.82 Å². The minimum absolute atomic E-state index is 0.356. The minimum atomic E-state index is -0.356. The summed E-state index contributed by atoms with van der Waals surface area (Å²) in [6.45, 7) is 2.97. The second kappa shape index (κ2) is 5.87. The fourth-order valence-electron chi connectivity index (χ4n) is 1.70. The molecule has 0 spiro atoms. The number of unbranched alkanes of at least 4 members (excludes halogenated alkanes) is 1. The Morgan fingerprint density at radius 3 is 2.94 bits per heavy atom. The molecule has 1 aromatic heterocycles. The van der Waals surface area contributed by atoms with E-state index in [2.05, 4.69) is 17.2 Å². The lowest BCUT2D eigenvalue weighted by atomic mass is 10.3. The first-order valence-corrected chi connectivity index (χ1v) is 6.32. The quantitative estimate of drug-likeness (QED) is 0.834. The van der Waals surface area contributed by atoms with E-state index >= 15 is 0 Å². The van der Waals surface area contributed by atoms with Gasteiger partial charge in [0.1, 0.15) is 5.82 Å². The van der Waals surface area contributed by atoms with Crippen molar-refractivity contribution >= 4 is 17.5 Å². The van der Waals surface area contributed by atoms with Gasteiger partial charge in [-0.3, -0.25) is 4.57 Å². The highest BCUT2D eigenvalue weighted by molar-refractivity contribution is 6.30. The number of benzene rings is 1. The number of nitrogens with one attached hydrogen (secondary N) is 1. The van der Waals surface area contributed by atoms with Gasteiger partial charge >= 0.3 is 0 Å². The van der Waals surface area contributed by atoms with Crippen molar-refractivity contribution < 1.29 is 4.39 Å². The lowest BCUT2D eigenvalue weighted by Gasteiger charge is -2.10. The Bertz CT molecular complexity index is 504. The molecule has 1 N–H and O–H groups in total. The van der Waals surface area contributed by atoms with Crippen molar-refractivity contribution in [3.63, 3.8) is 0 Å². The number of rotatable bonds is 5. The van der Waals surface area contributed by atoms with E-state index in [1.165, 1.54) is 12.1 Å². The zero-order valence-corrected chi connectivity index (χ0v) is 10.9. The topological polar surface area (TPSA) is 29.9 Å². The maximum atomic E-state index is 13.3. The fourth-order valence-corrected chi connectivity index (χ4v) is 1.91. The smallest absolute Gasteiger partial charge is 0.207 e. The fraction of sp³-hybridized carbons (Fsp3) is 0.308. The van der Waals surface area contributed by atoms with E-state index in [1.54, 1.807) is 23.0 Å². The highest BCUT2D eigenvalue weighted by Gasteiger charge is 2.06. The van der Waals surface area contributed by atoms with E-state index in [0.29, 0.717) is 16.7 Å². The third kappa shape index (κ3) is 3.01. The molecular weight excluding hydrogens is 253 g/mol. The molecule has 0 saturated heterocycles. The van der Waals surface area contributed by atoms with Crippen molar-refractivity contribution in [2.75, 3.05) is 11.9 Å². The Hall–Kier alpha value is -1.55. The monoisotopic (exact) mass is 267 g/mol. The minimum Gasteiger partial charge on any atom is -0.355 e. The van der Waals surface area contributed by atoms with E-state index < -0.39 is 0 Å². The van der Waals surface area contributed by atoms with E-state index in [4.69, 9.17) is 11.6 Å². The molecule has 0 atom stereocenters. The van der Waals surface area contributed by atoms with Gasteiger partial charge in [-0.15, -0.1) is 0 Å². The zero-order valence-electron chi connectivity index (χ0n) is 10.2. The molecule has 0 bridgehead atoms. The maximum Gasteiger partial charge on any atom is 0.207 e. The number of anilines is 1. The van der Waals surface area contributed by atoms with Crippen molar-refractivity contribution in [1.29, 1.82) is 0 Å². The van der Waals surface area contributed by atoms with Crippen LogP contribution in [0.25, 0.3) is 5.69 Å². The van der Waals surface area contributed by atoms with Crippen molar-refractivity contribution in [2.24, 2.45) is 0 Å². The normalized spacial score (nSPS) is 10.6. The van der Waals surface area contributed by atoms with Gasteiger partial charge < -0.3 is 5.32 Å². The second-order valence-electron chi connectivity index (χ2n) is 4.03. The molecule has 3 nitrogen and oxygen atoms in total. The summed E-state index contributed by atoms with van der Waals surface area (Å²) >= 11 is 5.85. The SMILES string of the molecule is CCCCNc1nccn1-c1cc(F)cc(Cl)c1. The number of aromatic nitrogens is 2. The van der Waals surface area contributed by atoms with Gasteiger partial charge in [-0.25, -0.2) is 9.37 Å². The molecular formula is C13H15ClFN3. The van der Waals surface area contributed by atoms with Gasteiger partial charge in [-0.05, 0) is 24.6 Å². The Morgan fingerprint density at radius 2 is 2.22 bits per heavy atom. The van der Waals surface area contributed by atoms with E-state index in [1.807, 2.05) is 0 Å². The van der Waals surface area contributed by atoms with Crippen molar-refractivity contribution in [3.05, 3.63) is 41.4 Å². The first kappa shape index (κ1) is 12.9. The number of nitrogens with zero attached hydrogens (tertiary/aromatic N) is 2. The lowest BCUT2D eigenvalue weighted by molar-refractivity contribution is 0.626. The molecule has 0 unspecified atom stereocenters. The van der Waals surface area contributed by atoms with Crippen LogP contribution in [-0.2, 0) is 0 Å². The molecule has 2 rings (SSSR count). The molecule has 96 valence electrons. The molecule has 0 amide bonds. The molecule has 1 heterocycles. The first-order valence-electron chi connectivity index (χ1n) is 5.94. The standard InChI is InChI=1S/C13H15ClFN3/c1-2-3-4-16-13-17-5-6-18(13)12-8-10(14)7-11(15)9-12/h5-9H,2-4H2,1H3,(H,16,17). The van der Waals surface area contributed by atoms with Gasteiger partial charge in [0.15, 0.2) is 0 Å². The number of imidazole rings is 1. The van der Waals surface area contributed by atoms with Gasteiger partial charge in [0.25, 0.3) is 0 Å². The van der Waals surface area contributed by atoms with Crippen LogP contribution in [0.1, 0.15) is 19.8 Å². The predicted octanol–water partition coefficient (Wildman–Crippen LogP) is 3.88. The number of halogens is 2. The Balaban J connectivity index is 2.24. The Morgan fingerprint density at radius 1 is 1.39 bits per heavy atom. The van der Waals surface area contributed by atoms with Gasteiger partial charge in [-0.2, -0.15) is 0 Å². The molecule has 0 aliphatic heterocycles. The van der Waals surface area contributed by atoms with Gasteiger partial charge in [0.05, 0.1) is 5.69 Å². The van der Waals surface area contributed by atoms with Crippen molar-refractivity contribution in [3.8, 4) is 5.69 Å². The molecule has 0 radical (unpaired) electrons. The van der Waals surface area contributed by atoms with Crippen LogP contribution in [0.4, 0.5) is 10.3 Å². The summed E-state index contributed by atoms with van der Waals surface area (Å²) in [5, 5.41) is 3.59. The van der Waals surface area contributed by atoms with E-state index in [0.717, 1.165) is 19.4 Å². The second-order valence-corrected chi connectivity index (χ2v) is 4.47. The predicted molar refractivity (Wildman–Crippen MR) is 71.9 cm³/mol. The lowest BCUT2D eigenvalue weighted by Crippen LogP contribution is -2.07. The van der Waals surface area contributed by atoms with Gasteiger partial charge in [0, 0.05) is 24.0 Å². The Kier molecular flexibility index (Phi) is 4.20. The average Bonchev–Trinajstić information content (AvgIpc) is 2.76. The van der Waals surface area contributed by atoms with Crippen molar-refractivity contribution in [1.82, 2.24) is 9.55 Å². The first-order chi connectivity index (χ1) is 8.70. The molecule has 2 aromatic rings. The summed E-state index contributed by atoms with van der Waals surface area (Å²) in [6.07, 6.45) is 5.63. The van der Waals surface area contributed by atoms with Crippen LogP contribution >= 0.6 is 11.6 Å². The maximum absolute atomic E-state index is 13.3. The highest BCUT2D eigenvalue weighted by Crippen LogP contribution is 2.20. The summed E-state index contributed by atoms with van der Waals surface area (Å²) in [5.41, 5.74) is 0.663. The number of hydrogen-bond donors (Lipinski definition) is 1. The summed E-state index contributed by atoms with van der Waals surface area (Å²) < 4.78 is 15.1. The van der Waals surface area contributed by atoms with Gasteiger partial charge in [0.2, 0.25) is 5.95 Å². The van der Waals surface area contributed by atoms with Crippen LogP contribution in [0, 0.1) is 5.82 Å². The third-order valence-electron chi connectivity index (χ3n) is 2.58. The van der Waals surface area contributed by atoms with Crippen LogP contribution in [0.5, 0.6) is 0 Å². The van der Waals surface area contributed by atoms with Gasteiger partial charge in [-0.1, -0.05) is 24.9 Å². The summed E-state index contributed by atoms with van der Waals surface area (Å²) in [5.74, 6) is 0.343. The summed E-state index contributed by atoms with van der Waals surface area (Å²) in [4.78, 5) is 4.21. The molecule has 5 heteroatoms. The van der Waals surface area contributed by atoms with E-state index in [9.17, 15) is 4.39 Å². The molecule has 0 aliphatic rings. The molecule has 0 saturated carbocycles. The van der Waals surface area contributed by atoms with Crippen LogP contribution in [0.15, 0.2) is 30.6 Å². The van der Waals surface area contributed by atoms with Crippen LogP contribution < -0.4 is 5.32 Å². The Labute approximate surface area is 111 Å². The third-order valence-corrected chi connectivity index (χ3v) is 2.80. The molecule has 0 fully saturated rings. The number of hydrogen-bond acceptors (Lipinski definition) is 2. The zero-order chi connectivity index (χ0) is 13.0.